The molecule has 220 valence electrons. The number of nitrogens with one attached hydrogen (secondary N) is 1. The first kappa shape index (κ1) is 28.0. The number of rotatable bonds is 6. The molecule has 3 aliphatic rings. The number of hydrogen-bond acceptors (Lipinski definition) is 8. The van der Waals surface area contributed by atoms with Gasteiger partial charge in [0, 0.05) is 17.4 Å². The molecule has 8 nitrogen and oxygen atoms in total. The van der Waals surface area contributed by atoms with E-state index in [2.05, 4.69) is 5.10 Å². The summed E-state index contributed by atoms with van der Waals surface area (Å²) in [6.45, 7) is 0.246. The first-order valence-electron chi connectivity index (χ1n) is 13.5. The monoisotopic (exact) mass is 584 g/mol. The molecule has 3 aromatic rings. The van der Waals surface area contributed by atoms with Crippen molar-refractivity contribution in [2.75, 3.05) is 18.7 Å². The highest BCUT2D eigenvalue weighted by molar-refractivity contribution is 5.79. The fraction of sp³-hybridized carbons (Fsp3) is 0.333. The number of hydrazine groups is 2. The Hall–Kier alpha value is -4.16. The van der Waals surface area contributed by atoms with Crippen molar-refractivity contribution in [2.45, 2.75) is 43.0 Å². The van der Waals surface area contributed by atoms with Gasteiger partial charge in [-0.3, -0.25) is 4.79 Å². The third-order valence-corrected chi connectivity index (χ3v) is 8.19. The molecule has 1 spiro atoms. The molecule has 6 rings (SSSR count). The van der Waals surface area contributed by atoms with Crippen molar-refractivity contribution >= 4 is 18.0 Å². The molecule has 2 fully saturated rings. The van der Waals surface area contributed by atoms with Gasteiger partial charge in [0.05, 0.1) is 30.9 Å². The predicted octanol–water partition coefficient (Wildman–Crippen LogP) is 6.23. The summed E-state index contributed by atoms with van der Waals surface area (Å²) in [6, 6.07) is 19.9. The van der Waals surface area contributed by atoms with E-state index in [9.17, 15) is 22.4 Å². The lowest BCUT2D eigenvalue weighted by atomic mass is 9.76. The van der Waals surface area contributed by atoms with Gasteiger partial charge in [-0.25, -0.2) is 14.9 Å². The molecule has 0 amide bonds. The third kappa shape index (κ3) is 5.16. The Morgan fingerprint density at radius 3 is 2.57 bits per heavy atom. The minimum atomic E-state index is -4.73. The molecule has 4 atom stereocenters. The maximum atomic E-state index is 13.8. The Bertz CT molecular complexity index is 1470. The quantitative estimate of drug-likeness (QED) is 0.209. The average Bonchev–Trinajstić information content (AvgIpc) is 3.73. The van der Waals surface area contributed by atoms with Crippen LogP contribution in [0.3, 0.4) is 0 Å². The number of para-hydroxylation sites is 1. The molecule has 12 heteroatoms. The van der Waals surface area contributed by atoms with E-state index >= 15 is 0 Å². The molecule has 2 aliphatic heterocycles. The number of esters is 1. The largest absolute Gasteiger partial charge is 0.497 e. The number of carbonyl (C=O) groups is 1. The lowest BCUT2D eigenvalue weighted by molar-refractivity contribution is -0.259. The molecule has 2 unspecified atom stereocenters. The van der Waals surface area contributed by atoms with Crippen molar-refractivity contribution in [1.82, 2.24) is 10.7 Å². The van der Waals surface area contributed by atoms with Crippen LogP contribution in [0.15, 0.2) is 77.9 Å². The van der Waals surface area contributed by atoms with Gasteiger partial charge in [0.15, 0.2) is 0 Å². The summed E-state index contributed by atoms with van der Waals surface area (Å²) in [4.78, 5) is 12.8. The number of carbonyl (C=O) groups excluding carboxylic acids is 1. The Labute approximate surface area is 239 Å². The summed E-state index contributed by atoms with van der Waals surface area (Å²) in [6.07, 6.45) is -2.15. The Morgan fingerprint density at radius 1 is 1.10 bits per heavy atom. The van der Waals surface area contributed by atoms with Crippen LogP contribution in [-0.4, -0.2) is 43.0 Å². The normalized spacial score (nSPS) is 25.6. The number of halogens is 4. The van der Waals surface area contributed by atoms with E-state index in [1.54, 1.807) is 36.4 Å². The van der Waals surface area contributed by atoms with E-state index in [1.165, 1.54) is 25.3 Å². The minimum Gasteiger partial charge on any atom is -0.469 e. The fourth-order valence-electron chi connectivity index (χ4n) is 6.39. The topological polar surface area (TPSA) is 75.6 Å². The van der Waals surface area contributed by atoms with Gasteiger partial charge in [-0.1, -0.05) is 30.3 Å². The fourth-order valence-corrected chi connectivity index (χ4v) is 6.39. The van der Waals surface area contributed by atoms with E-state index in [0.717, 1.165) is 16.9 Å². The minimum absolute atomic E-state index is 0.0288. The van der Waals surface area contributed by atoms with Crippen molar-refractivity contribution in [2.24, 2.45) is 11.0 Å². The maximum absolute atomic E-state index is 13.8. The first-order valence-corrected chi connectivity index (χ1v) is 13.5. The SMILES string of the molecule is COC(=O)C1CC[C@@]2(CC(c3cc(N4C=NNN4C(F)(F)F)ccc3Oc3ccccc3)CO2)[C@@H]1c1ccc(F)cc1. The van der Waals surface area contributed by atoms with Crippen LogP contribution in [-0.2, 0) is 14.3 Å². The maximum Gasteiger partial charge on any atom is 0.497 e. The average molecular weight is 585 g/mol. The van der Waals surface area contributed by atoms with Crippen molar-refractivity contribution in [3.8, 4) is 11.5 Å². The van der Waals surface area contributed by atoms with Crippen LogP contribution >= 0.6 is 0 Å². The third-order valence-electron chi connectivity index (χ3n) is 8.19. The summed E-state index contributed by atoms with van der Waals surface area (Å²) in [5.41, 5.74) is 2.81. The van der Waals surface area contributed by atoms with Gasteiger partial charge >= 0.3 is 12.3 Å². The summed E-state index contributed by atoms with van der Waals surface area (Å²) in [5, 5.41) is 4.42. The van der Waals surface area contributed by atoms with Gasteiger partial charge < -0.3 is 14.2 Å². The highest BCUT2D eigenvalue weighted by atomic mass is 19.4. The molecule has 42 heavy (non-hydrogen) atoms. The van der Waals surface area contributed by atoms with Crippen LogP contribution < -0.4 is 15.3 Å². The summed E-state index contributed by atoms with van der Waals surface area (Å²) >= 11 is 0. The van der Waals surface area contributed by atoms with Gasteiger partial charge in [-0.05, 0) is 72.4 Å². The Balaban J connectivity index is 1.37. The lowest BCUT2D eigenvalue weighted by Crippen LogP contribution is -2.52. The van der Waals surface area contributed by atoms with Crippen molar-refractivity contribution in [3.63, 3.8) is 0 Å². The second kappa shape index (κ2) is 10.9. The van der Waals surface area contributed by atoms with Crippen LogP contribution in [0.5, 0.6) is 11.5 Å². The van der Waals surface area contributed by atoms with E-state index in [0.29, 0.717) is 36.3 Å². The van der Waals surface area contributed by atoms with Crippen LogP contribution in [0, 0.1) is 11.7 Å². The molecule has 1 N–H and O–H groups in total. The van der Waals surface area contributed by atoms with Gasteiger partial charge in [-0.2, -0.15) is 18.3 Å². The second-order valence-electron chi connectivity index (χ2n) is 10.6. The summed E-state index contributed by atoms with van der Waals surface area (Å²) in [5.74, 6) is -0.883. The number of anilines is 1. The van der Waals surface area contributed by atoms with Gasteiger partial charge in [0.25, 0.3) is 0 Å². The molecule has 1 aliphatic carbocycles. The number of hydrogen-bond donors (Lipinski definition) is 1. The number of methoxy groups -OCH3 is 1. The summed E-state index contributed by atoms with van der Waals surface area (Å²) in [7, 11) is 1.34. The molecule has 0 aromatic heterocycles. The molecule has 0 bridgehead atoms. The molecule has 3 aromatic carbocycles. The highest BCUT2D eigenvalue weighted by Crippen LogP contribution is 2.57. The zero-order chi connectivity index (χ0) is 29.5. The number of hydrazone groups is 1. The van der Waals surface area contributed by atoms with Crippen LogP contribution in [0.2, 0.25) is 0 Å². The Kier molecular flexibility index (Phi) is 7.27. The lowest BCUT2D eigenvalue weighted by Gasteiger charge is -2.33. The number of ether oxygens (including phenoxy) is 3. The zero-order valence-corrected chi connectivity index (χ0v) is 22.6. The van der Waals surface area contributed by atoms with Crippen molar-refractivity contribution in [3.05, 3.63) is 89.7 Å². The second-order valence-corrected chi connectivity index (χ2v) is 10.6. The number of nitrogens with zero attached hydrogens (tertiary/aromatic N) is 3. The van der Waals surface area contributed by atoms with Crippen molar-refractivity contribution < 1.29 is 36.6 Å². The van der Waals surface area contributed by atoms with Crippen LogP contribution in [0.25, 0.3) is 0 Å². The molecular weight excluding hydrogens is 556 g/mol. The van der Waals surface area contributed by atoms with Crippen LogP contribution in [0.1, 0.15) is 42.2 Å². The number of benzene rings is 3. The molecule has 0 radical (unpaired) electrons. The van der Waals surface area contributed by atoms with Crippen LogP contribution in [0.4, 0.5) is 23.2 Å². The van der Waals surface area contributed by atoms with Crippen molar-refractivity contribution in [1.29, 1.82) is 0 Å². The Morgan fingerprint density at radius 2 is 1.86 bits per heavy atom. The van der Waals surface area contributed by atoms with E-state index < -0.39 is 29.6 Å². The highest BCUT2D eigenvalue weighted by Gasteiger charge is 2.57. The molecular formula is C30H28F4N4O4. The predicted molar refractivity (Wildman–Crippen MR) is 145 cm³/mol. The van der Waals surface area contributed by atoms with E-state index in [1.807, 2.05) is 23.7 Å². The molecule has 2 heterocycles. The summed E-state index contributed by atoms with van der Waals surface area (Å²) < 4.78 is 72.7. The van der Waals surface area contributed by atoms with Gasteiger partial charge in [-0.15, -0.1) is 0 Å². The van der Waals surface area contributed by atoms with E-state index in [4.69, 9.17) is 14.2 Å². The van der Waals surface area contributed by atoms with E-state index in [-0.39, 0.29) is 29.3 Å². The molecule has 1 saturated heterocycles. The first-order chi connectivity index (χ1) is 20.2. The van der Waals surface area contributed by atoms with Gasteiger partial charge in [0.2, 0.25) is 0 Å². The molecule has 1 saturated carbocycles. The van der Waals surface area contributed by atoms with Gasteiger partial charge in [0.1, 0.15) is 23.7 Å². The smallest absolute Gasteiger partial charge is 0.469 e. The zero-order valence-electron chi connectivity index (χ0n) is 22.6. The standard InChI is InChI=1S/C30H28F4N4O4/c1-40-28(39)24-13-14-29(27(24)19-7-9-21(31)10-8-19)16-20(17-41-29)25-15-22(37-18-35-36-38(37)30(32,33)34)11-12-26(25)42-23-5-3-2-4-6-23/h2-12,15,18,20,24,27,36H,13-14,16-17H2,1H3/t20?,24?,27-,29-/m1/s1. The number of alkyl halides is 3.